The molecule has 120 valence electrons. The molecule has 0 unspecified atom stereocenters. The van der Waals surface area contributed by atoms with Gasteiger partial charge in [0.05, 0.1) is 12.1 Å². The van der Waals surface area contributed by atoms with E-state index in [-0.39, 0.29) is 18.0 Å². The summed E-state index contributed by atoms with van der Waals surface area (Å²) in [7, 11) is 0. The van der Waals surface area contributed by atoms with Gasteiger partial charge in [-0.15, -0.1) is 0 Å². The number of carbonyl (C=O) groups is 2. The molecule has 5 nitrogen and oxygen atoms in total. The number of benzene rings is 2. The molecule has 0 spiro atoms. The highest BCUT2D eigenvalue weighted by molar-refractivity contribution is 6.31. The molecule has 0 saturated carbocycles. The van der Waals surface area contributed by atoms with Gasteiger partial charge in [0.1, 0.15) is 0 Å². The first-order chi connectivity index (χ1) is 10.9. The minimum Gasteiger partial charge on any atom is -0.375 e. The summed E-state index contributed by atoms with van der Waals surface area (Å²) < 4.78 is 0. The zero-order valence-electron chi connectivity index (χ0n) is 12.9. The standard InChI is InChI=1S/C17H18ClN3O2/c1-10-4-3-5-11(2)16(10)21-15(22)9-20-14-7-6-12(18)8-13(14)17(19)23/h3-8,20H,9H2,1-2H3,(H2,19,23)(H,21,22). The van der Waals surface area contributed by atoms with Gasteiger partial charge in [0.15, 0.2) is 0 Å². The van der Waals surface area contributed by atoms with Gasteiger partial charge in [-0.1, -0.05) is 29.8 Å². The summed E-state index contributed by atoms with van der Waals surface area (Å²) in [6, 6.07) is 10.5. The minimum atomic E-state index is -0.606. The summed E-state index contributed by atoms with van der Waals surface area (Å²) in [4.78, 5) is 23.5. The van der Waals surface area contributed by atoms with E-state index in [9.17, 15) is 9.59 Å². The zero-order valence-corrected chi connectivity index (χ0v) is 13.7. The summed E-state index contributed by atoms with van der Waals surface area (Å²) in [5.41, 5.74) is 8.81. The summed E-state index contributed by atoms with van der Waals surface area (Å²) in [5, 5.41) is 6.18. The fraction of sp³-hybridized carbons (Fsp3) is 0.176. The number of nitrogens with one attached hydrogen (secondary N) is 2. The lowest BCUT2D eigenvalue weighted by Crippen LogP contribution is -2.24. The highest BCUT2D eigenvalue weighted by Gasteiger charge is 2.11. The number of anilines is 2. The fourth-order valence-electron chi connectivity index (χ4n) is 2.25. The normalized spacial score (nSPS) is 10.2. The van der Waals surface area contributed by atoms with E-state index >= 15 is 0 Å². The van der Waals surface area contributed by atoms with Gasteiger partial charge in [-0.2, -0.15) is 0 Å². The van der Waals surface area contributed by atoms with Gasteiger partial charge in [0.25, 0.3) is 5.91 Å². The monoisotopic (exact) mass is 331 g/mol. The molecule has 0 aromatic heterocycles. The van der Waals surface area contributed by atoms with Crippen molar-refractivity contribution in [2.45, 2.75) is 13.8 Å². The van der Waals surface area contributed by atoms with Crippen LogP contribution in [0.2, 0.25) is 5.02 Å². The largest absolute Gasteiger partial charge is 0.375 e. The number of aryl methyl sites for hydroxylation is 2. The number of hydrogen-bond acceptors (Lipinski definition) is 3. The number of para-hydroxylation sites is 1. The van der Waals surface area contributed by atoms with Crippen molar-refractivity contribution in [1.29, 1.82) is 0 Å². The third-order valence-electron chi connectivity index (χ3n) is 3.43. The summed E-state index contributed by atoms with van der Waals surface area (Å²) in [5.74, 6) is -0.821. The van der Waals surface area contributed by atoms with Crippen molar-refractivity contribution < 1.29 is 9.59 Å². The van der Waals surface area contributed by atoms with Gasteiger partial charge in [-0.3, -0.25) is 9.59 Å². The van der Waals surface area contributed by atoms with E-state index in [0.29, 0.717) is 10.7 Å². The van der Waals surface area contributed by atoms with Crippen molar-refractivity contribution in [2.24, 2.45) is 5.73 Å². The van der Waals surface area contributed by atoms with Crippen LogP contribution in [0.15, 0.2) is 36.4 Å². The molecule has 0 radical (unpaired) electrons. The number of carbonyl (C=O) groups excluding carboxylic acids is 2. The van der Waals surface area contributed by atoms with Crippen LogP contribution in [0.3, 0.4) is 0 Å². The minimum absolute atomic E-state index is 0.00961. The second-order valence-electron chi connectivity index (χ2n) is 5.22. The van der Waals surface area contributed by atoms with Crippen LogP contribution < -0.4 is 16.4 Å². The third kappa shape index (κ3) is 4.23. The lowest BCUT2D eigenvalue weighted by molar-refractivity contribution is -0.114. The quantitative estimate of drug-likeness (QED) is 0.787. The van der Waals surface area contributed by atoms with Crippen LogP contribution in [0.5, 0.6) is 0 Å². The maximum Gasteiger partial charge on any atom is 0.250 e. The Morgan fingerprint density at radius 1 is 1.13 bits per heavy atom. The second-order valence-corrected chi connectivity index (χ2v) is 5.66. The molecule has 0 aliphatic rings. The molecular weight excluding hydrogens is 314 g/mol. The first kappa shape index (κ1) is 16.8. The molecule has 0 saturated heterocycles. The molecule has 23 heavy (non-hydrogen) atoms. The number of halogens is 1. The van der Waals surface area contributed by atoms with E-state index < -0.39 is 5.91 Å². The fourth-order valence-corrected chi connectivity index (χ4v) is 2.42. The maximum absolute atomic E-state index is 12.1. The first-order valence-corrected chi connectivity index (χ1v) is 7.45. The SMILES string of the molecule is Cc1cccc(C)c1NC(=O)CNc1ccc(Cl)cc1C(N)=O. The number of rotatable bonds is 5. The van der Waals surface area contributed by atoms with Gasteiger partial charge >= 0.3 is 0 Å². The van der Waals surface area contributed by atoms with E-state index in [2.05, 4.69) is 10.6 Å². The Morgan fingerprint density at radius 2 is 1.78 bits per heavy atom. The van der Waals surface area contributed by atoms with Crippen molar-refractivity contribution in [1.82, 2.24) is 0 Å². The Hall–Kier alpha value is -2.53. The molecule has 2 amide bonds. The Balaban J connectivity index is 2.07. The Bertz CT molecular complexity index is 739. The molecule has 2 aromatic rings. The van der Waals surface area contributed by atoms with Gasteiger partial charge in [-0.05, 0) is 43.2 Å². The zero-order chi connectivity index (χ0) is 17.0. The molecule has 2 aromatic carbocycles. The lowest BCUT2D eigenvalue weighted by Gasteiger charge is -2.13. The molecule has 2 rings (SSSR count). The van der Waals surface area contributed by atoms with Crippen molar-refractivity contribution in [2.75, 3.05) is 17.2 Å². The van der Waals surface area contributed by atoms with E-state index in [1.165, 1.54) is 6.07 Å². The van der Waals surface area contributed by atoms with Crippen LogP contribution in [0.1, 0.15) is 21.5 Å². The Labute approximate surface area is 139 Å². The summed E-state index contributed by atoms with van der Waals surface area (Å²) >= 11 is 5.85. The summed E-state index contributed by atoms with van der Waals surface area (Å²) in [6.45, 7) is 3.87. The molecule has 0 fully saturated rings. The maximum atomic E-state index is 12.1. The van der Waals surface area contributed by atoms with E-state index in [0.717, 1.165) is 16.8 Å². The first-order valence-electron chi connectivity index (χ1n) is 7.08. The van der Waals surface area contributed by atoms with Crippen molar-refractivity contribution in [3.63, 3.8) is 0 Å². The third-order valence-corrected chi connectivity index (χ3v) is 3.67. The molecular formula is C17H18ClN3O2. The van der Waals surface area contributed by atoms with Crippen LogP contribution in [-0.4, -0.2) is 18.4 Å². The van der Waals surface area contributed by atoms with Gasteiger partial charge < -0.3 is 16.4 Å². The number of amides is 2. The molecule has 0 aliphatic heterocycles. The second kappa shape index (κ2) is 7.15. The van der Waals surface area contributed by atoms with Crippen LogP contribution in [-0.2, 0) is 4.79 Å². The highest BCUT2D eigenvalue weighted by Crippen LogP contribution is 2.21. The smallest absolute Gasteiger partial charge is 0.250 e. The lowest BCUT2D eigenvalue weighted by atomic mass is 10.1. The number of hydrogen-bond donors (Lipinski definition) is 3. The number of primary amides is 1. The van der Waals surface area contributed by atoms with Crippen LogP contribution >= 0.6 is 11.6 Å². The van der Waals surface area contributed by atoms with Gasteiger partial charge in [-0.25, -0.2) is 0 Å². The van der Waals surface area contributed by atoms with E-state index in [1.807, 2.05) is 32.0 Å². The van der Waals surface area contributed by atoms with Crippen LogP contribution in [0.25, 0.3) is 0 Å². The predicted octanol–water partition coefficient (Wildman–Crippen LogP) is 3.11. The molecule has 0 atom stereocenters. The predicted molar refractivity (Wildman–Crippen MR) is 93.0 cm³/mol. The average Bonchev–Trinajstić information content (AvgIpc) is 2.49. The van der Waals surface area contributed by atoms with Gasteiger partial charge in [0.2, 0.25) is 5.91 Å². The summed E-state index contributed by atoms with van der Waals surface area (Å²) in [6.07, 6.45) is 0. The molecule has 6 heteroatoms. The molecule has 0 bridgehead atoms. The van der Waals surface area contributed by atoms with Crippen molar-refractivity contribution >= 4 is 34.8 Å². The van der Waals surface area contributed by atoms with Crippen molar-refractivity contribution in [3.05, 3.63) is 58.1 Å². The van der Waals surface area contributed by atoms with E-state index in [4.69, 9.17) is 17.3 Å². The average molecular weight is 332 g/mol. The van der Waals surface area contributed by atoms with Gasteiger partial charge in [0, 0.05) is 16.4 Å². The van der Waals surface area contributed by atoms with Crippen LogP contribution in [0, 0.1) is 13.8 Å². The van der Waals surface area contributed by atoms with Crippen molar-refractivity contribution in [3.8, 4) is 0 Å². The topological polar surface area (TPSA) is 84.2 Å². The highest BCUT2D eigenvalue weighted by atomic mass is 35.5. The molecule has 0 heterocycles. The Morgan fingerprint density at radius 3 is 2.39 bits per heavy atom. The Kier molecular flexibility index (Phi) is 5.24. The molecule has 4 N–H and O–H groups in total. The van der Waals surface area contributed by atoms with Crippen LogP contribution in [0.4, 0.5) is 11.4 Å². The molecule has 0 aliphatic carbocycles. The number of nitrogens with two attached hydrogens (primary N) is 1. The van der Waals surface area contributed by atoms with E-state index in [1.54, 1.807) is 12.1 Å².